The molecular formula is C15H15ClN4O2. The second kappa shape index (κ2) is 5.81. The number of aromatic nitrogens is 2. The molecule has 22 heavy (non-hydrogen) atoms. The third-order valence-electron chi connectivity index (χ3n) is 3.50. The first-order valence-corrected chi connectivity index (χ1v) is 7.34. The molecule has 1 aliphatic heterocycles. The zero-order valence-electron chi connectivity index (χ0n) is 12.0. The summed E-state index contributed by atoms with van der Waals surface area (Å²) in [6.07, 6.45) is 1.40. The summed E-state index contributed by atoms with van der Waals surface area (Å²) in [4.78, 5) is 18.2. The molecule has 6 nitrogen and oxygen atoms in total. The maximum absolute atomic E-state index is 11.8. The standard InChI is InChI=1S/C15H15ClN4O2/c1-2-22-14(21)12-9-18-15-19(7-8-20(15)13(12)17)11-5-3-10(16)4-6-11/h3-6,9,17H,2,7-8H2,1H3. The summed E-state index contributed by atoms with van der Waals surface area (Å²) in [6.45, 7) is 3.29. The van der Waals surface area contributed by atoms with Crippen LogP contribution in [0.15, 0.2) is 30.5 Å². The zero-order chi connectivity index (χ0) is 15.7. The monoisotopic (exact) mass is 318 g/mol. The van der Waals surface area contributed by atoms with E-state index in [-0.39, 0.29) is 17.7 Å². The summed E-state index contributed by atoms with van der Waals surface area (Å²) < 4.78 is 6.66. The molecule has 0 unspecified atom stereocenters. The Kier molecular flexibility index (Phi) is 3.85. The van der Waals surface area contributed by atoms with E-state index in [9.17, 15) is 4.79 Å². The average Bonchev–Trinajstić information content (AvgIpc) is 2.93. The summed E-state index contributed by atoms with van der Waals surface area (Å²) in [5, 5.41) is 8.87. The lowest BCUT2D eigenvalue weighted by Gasteiger charge is -2.17. The molecule has 114 valence electrons. The number of esters is 1. The van der Waals surface area contributed by atoms with Crippen molar-refractivity contribution in [3.63, 3.8) is 0 Å². The number of hydrogen-bond acceptors (Lipinski definition) is 5. The number of nitrogens with one attached hydrogen (secondary N) is 1. The van der Waals surface area contributed by atoms with E-state index in [1.807, 2.05) is 29.2 Å². The second-order valence-electron chi connectivity index (χ2n) is 4.82. The van der Waals surface area contributed by atoms with Crippen LogP contribution in [0.5, 0.6) is 0 Å². The zero-order valence-corrected chi connectivity index (χ0v) is 12.8. The molecule has 3 rings (SSSR count). The molecule has 0 saturated carbocycles. The minimum atomic E-state index is -0.514. The fourth-order valence-electron chi connectivity index (χ4n) is 2.45. The highest BCUT2D eigenvalue weighted by Gasteiger charge is 2.24. The van der Waals surface area contributed by atoms with Crippen molar-refractivity contribution in [2.45, 2.75) is 13.5 Å². The van der Waals surface area contributed by atoms with Crippen molar-refractivity contribution in [2.24, 2.45) is 0 Å². The van der Waals surface area contributed by atoms with Crippen molar-refractivity contribution < 1.29 is 9.53 Å². The Bertz CT molecular complexity index is 770. The minimum Gasteiger partial charge on any atom is -0.462 e. The maximum Gasteiger partial charge on any atom is 0.343 e. The molecule has 0 atom stereocenters. The number of anilines is 2. The quantitative estimate of drug-likeness (QED) is 0.882. The van der Waals surface area contributed by atoms with Gasteiger partial charge in [0.1, 0.15) is 11.1 Å². The maximum atomic E-state index is 11.8. The van der Waals surface area contributed by atoms with Crippen LogP contribution in [0.1, 0.15) is 17.3 Å². The van der Waals surface area contributed by atoms with Gasteiger partial charge in [0.2, 0.25) is 5.95 Å². The predicted octanol–water partition coefficient (Wildman–Crippen LogP) is 2.34. The first-order valence-electron chi connectivity index (χ1n) is 6.96. The molecule has 1 aromatic heterocycles. The average molecular weight is 319 g/mol. The topological polar surface area (TPSA) is 71.2 Å². The van der Waals surface area contributed by atoms with Crippen LogP contribution in [-0.4, -0.2) is 28.7 Å². The summed E-state index contributed by atoms with van der Waals surface area (Å²) in [6, 6.07) is 7.44. The molecule has 0 aliphatic carbocycles. The SMILES string of the molecule is CCOC(=O)c1cnc2n(c1=N)CCN2c1ccc(Cl)cc1. The Balaban J connectivity index is 1.99. The predicted molar refractivity (Wildman–Crippen MR) is 82.5 cm³/mol. The molecule has 0 saturated heterocycles. The molecule has 0 fully saturated rings. The van der Waals surface area contributed by atoms with Gasteiger partial charge in [-0.3, -0.25) is 9.98 Å². The smallest absolute Gasteiger partial charge is 0.343 e. The third kappa shape index (κ3) is 2.46. The number of nitrogens with zero attached hydrogens (tertiary/aromatic N) is 3. The molecule has 0 bridgehead atoms. The van der Waals surface area contributed by atoms with Gasteiger partial charge in [-0.1, -0.05) is 11.6 Å². The lowest BCUT2D eigenvalue weighted by Crippen LogP contribution is -2.27. The summed E-state index contributed by atoms with van der Waals surface area (Å²) >= 11 is 5.91. The van der Waals surface area contributed by atoms with Crippen molar-refractivity contribution >= 4 is 29.2 Å². The Hall–Kier alpha value is -2.34. The number of ether oxygens (including phenoxy) is 1. The van der Waals surface area contributed by atoms with Crippen molar-refractivity contribution in [3.8, 4) is 0 Å². The van der Waals surface area contributed by atoms with Gasteiger partial charge in [0.05, 0.1) is 6.61 Å². The molecular weight excluding hydrogens is 304 g/mol. The van der Waals surface area contributed by atoms with E-state index in [1.54, 1.807) is 11.5 Å². The Morgan fingerprint density at radius 1 is 1.36 bits per heavy atom. The highest BCUT2D eigenvalue weighted by Crippen LogP contribution is 2.27. The molecule has 2 heterocycles. The van der Waals surface area contributed by atoms with Crippen LogP contribution >= 0.6 is 11.6 Å². The van der Waals surface area contributed by atoms with E-state index >= 15 is 0 Å². The van der Waals surface area contributed by atoms with Crippen LogP contribution in [-0.2, 0) is 11.3 Å². The Morgan fingerprint density at radius 3 is 2.77 bits per heavy atom. The van der Waals surface area contributed by atoms with E-state index in [0.717, 1.165) is 5.69 Å². The third-order valence-corrected chi connectivity index (χ3v) is 3.75. The van der Waals surface area contributed by atoms with Gasteiger partial charge in [0.25, 0.3) is 0 Å². The molecule has 1 N–H and O–H groups in total. The van der Waals surface area contributed by atoms with Crippen LogP contribution in [0.25, 0.3) is 0 Å². The van der Waals surface area contributed by atoms with Gasteiger partial charge in [-0.25, -0.2) is 9.78 Å². The van der Waals surface area contributed by atoms with E-state index in [2.05, 4.69) is 4.98 Å². The number of carbonyl (C=O) groups is 1. The lowest BCUT2D eigenvalue weighted by molar-refractivity contribution is 0.0522. The molecule has 0 amide bonds. The van der Waals surface area contributed by atoms with Gasteiger partial charge in [0.15, 0.2) is 0 Å². The minimum absolute atomic E-state index is 0.125. The fraction of sp³-hybridized carbons (Fsp3) is 0.267. The van der Waals surface area contributed by atoms with Crippen molar-refractivity contribution in [3.05, 3.63) is 46.5 Å². The largest absolute Gasteiger partial charge is 0.462 e. The molecule has 2 aromatic rings. The van der Waals surface area contributed by atoms with E-state index < -0.39 is 5.97 Å². The Labute approximate surface area is 132 Å². The number of hydrogen-bond donors (Lipinski definition) is 1. The molecule has 0 spiro atoms. The van der Waals surface area contributed by atoms with Crippen LogP contribution in [0, 0.1) is 5.41 Å². The highest BCUT2D eigenvalue weighted by atomic mass is 35.5. The Morgan fingerprint density at radius 2 is 2.09 bits per heavy atom. The van der Waals surface area contributed by atoms with Crippen LogP contribution < -0.4 is 10.4 Å². The number of halogens is 1. The van der Waals surface area contributed by atoms with Crippen molar-refractivity contribution in [1.29, 1.82) is 5.41 Å². The number of fused-ring (bicyclic) bond motifs is 1. The van der Waals surface area contributed by atoms with E-state index in [4.69, 9.17) is 21.7 Å². The highest BCUT2D eigenvalue weighted by molar-refractivity contribution is 6.30. The van der Waals surface area contributed by atoms with E-state index in [1.165, 1.54) is 6.20 Å². The molecule has 1 aliphatic rings. The first-order chi connectivity index (χ1) is 10.6. The summed E-state index contributed by atoms with van der Waals surface area (Å²) in [5.41, 5.74) is 1.26. The fourth-order valence-corrected chi connectivity index (χ4v) is 2.58. The van der Waals surface area contributed by atoms with Crippen LogP contribution in [0.3, 0.4) is 0 Å². The van der Waals surface area contributed by atoms with E-state index in [0.29, 0.717) is 24.1 Å². The first kappa shape index (κ1) is 14.6. The number of rotatable bonds is 3. The number of carbonyl (C=O) groups excluding carboxylic acids is 1. The van der Waals surface area contributed by atoms with Crippen LogP contribution in [0.2, 0.25) is 5.02 Å². The van der Waals surface area contributed by atoms with Crippen LogP contribution in [0.4, 0.5) is 11.6 Å². The van der Waals surface area contributed by atoms with Crippen molar-refractivity contribution in [1.82, 2.24) is 9.55 Å². The summed E-state index contributed by atoms with van der Waals surface area (Å²) in [7, 11) is 0. The molecule has 7 heteroatoms. The number of benzene rings is 1. The van der Waals surface area contributed by atoms with Gasteiger partial charge in [0, 0.05) is 30.0 Å². The van der Waals surface area contributed by atoms with Crippen molar-refractivity contribution in [2.75, 3.05) is 18.1 Å². The molecule has 0 radical (unpaired) electrons. The normalized spacial score (nSPS) is 13.1. The van der Waals surface area contributed by atoms with Gasteiger partial charge in [-0.05, 0) is 31.2 Å². The van der Waals surface area contributed by atoms with Gasteiger partial charge in [-0.2, -0.15) is 0 Å². The van der Waals surface area contributed by atoms with Gasteiger partial charge < -0.3 is 9.64 Å². The van der Waals surface area contributed by atoms with Gasteiger partial charge >= 0.3 is 5.97 Å². The second-order valence-corrected chi connectivity index (χ2v) is 5.26. The van der Waals surface area contributed by atoms with Gasteiger partial charge in [-0.15, -0.1) is 0 Å². The molecule has 1 aromatic carbocycles. The lowest BCUT2D eigenvalue weighted by atomic mass is 10.3. The summed E-state index contributed by atoms with van der Waals surface area (Å²) in [5.74, 6) is 0.126.